The number of halogens is 2. The Morgan fingerprint density at radius 1 is 1.21 bits per heavy atom. The highest BCUT2D eigenvalue weighted by atomic mass is 32.2. The van der Waals surface area contributed by atoms with Crippen molar-refractivity contribution in [2.24, 2.45) is 5.14 Å². The molecule has 0 fully saturated rings. The monoisotopic (exact) mass is 305 g/mol. The van der Waals surface area contributed by atoms with E-state index in [1.54, 1.807) is 0 Å². The standard InChI is InChI=1S/C11H9F2NO3S2/c12-9-2-1-6(10(13)8(9)5-15)7-3-4-18-11(7)19(14,16)17/h1-4,15H,5H2,(H2,14,16,17). The number of primary sulfonamides is 1. The van der Waals surface area contributed by atoms with Crippen molar-refractivity contribution in [2.45, 2.75) is 10.8 Å². The largest absolute Gasteiger partial charge is 0.391 e. The summed E-state index contributed by atoms with van der Waals surface area (Å²) in [7, 11) is -3.99. The van der Waals surface area contributed by atoms with Crippen LogP contribution in [0, 0.1) is 11.6 Å². The van der Waals surface area contributed by atoms with E-state index in [0.717, 1.165) is 23.5 Å². The Morgan fingerprint density at radius 2 is 1.89 bits per heavy atom. The Hall–Kier alpha value is -1.35. The number of sulfonamides is 1. The molecule has 0 amide bonds. The number of thiophene rings is 1. The number of aliphatic hydroxyl groups excluding tert-OH is 1. The van der Waals surface area contributed by atoms with Gasteiger partial charge in [-0.15, -0.1) is 11.3 Å². The molecular weight excluding hydrogens is 296 g/mol. The van der Waals surface area contributed by atoms with Crippen LogP contribution in [0.5, 0.6) is 0 Å². The molecule has 0 aliphatic rings. The fourth-order valence-electron chi connectivity index (χ4n) is 1.67. The summed E-state index contributed by atoms with van der Waals surface area (Å²) in [6.45, 7) is -0.819. The second-order valence-electron chi connectivity index (χ2n) is 3.71. The Labute approximate surface area is 112 Å². The van der Waals surface area contributed by atoms with Crippen LogP contribution in [0.3, 0.4) is 0 Å². The quantitative estimate of drug-likeness (QED) is 0.908. The van der Waals surface area contributed by atoms with E-state index in [-0.39, 0.29) is 15.3 Å². The van der Waals surface area contributed by atoms with Crippen molar-refractivity contribution >= 4 is 21.4 Å². The van der Waals surface area contributed by atoms with Crippen molar-refractivity contribution in [1.82, 2.24) is 0 Å². The normalized spacial score (nSPS) is 11.8. The lowest BCUT2D eigenvalue weighted by Gasteiger charge is -2.08. The number of hydrogen-bond donors (Lipinski definition) is 2. The lowest BCUT2D eigenvalue weighted by atomic mass is 10.0. The third-order valence-corrected chi connectivity index (χ3v) is 4.95. The Bertz CT molecular complexity index is 726. The number of nitrogens with two attached hydrogens (primary N) is 1. The summed E-state index contributed by atoms with van der Waals surface area (Å²) in [6, 6.07) is 3.46. The molecule has 0 saturated heterocycles. The average Bonchev–Trinajstić information content (AvgIpc) is 2.78. The minimum atomic E-state index is -3.99. The summed E-state index contributed by atoms with van der Waals surface area (Å²) < 4.78 is 49.8. The third kappa shape index (κ3) is 2.52. The number of aliphatic hydroxyl groups is 1. The van der Waals surface area contributed by atoms with Crippen molar-refractivity contribution in [3.05, 3.63) is 40.8 Å². The maximum absolute atomic E-state index is 14.0. The zero-order valence-electron chi connectivity index (χ0n) is 9.43. The van der Waals surface area contributed by atoms with Crippen molar-refractivity contribution in [1.29, 1.82) is 0 Å². The van der Waals surface area contributed by atoms with Crippen LogP contribution in [0.25, 0.3) is 11.1 Å². The summed E-state index contributed by atoms with van der Waals surface area (Å²) in [4.78, 5) is 0. The smallest absolute Gasteiger partial charge is 0.248 e. The molecule has 0 aliphatic carbocycles. The fourth-order valence-corrected chi connectivity index (χ4v) is 3.49. The van der Waals surface area contributed by atoms with Gasteiger partial charge in [0, 0.05) is 16.7 Å². The SMILES string of the molecule is NS(=O)(=O)c1sccc1-c1ccc(F)c(CO)c1F. The highest BCUT2D eigenvalue weighted by Crippen LogP contribution is 2.34. The summed E-state index contributed by atoms with van der Waals surface area (Å²) in [5.41, 5.74) is -0.570. The molecule has 0 atom stereocenters. The fraction of sp³-hybridized carbons (Fsp3) is 0.0909. The first kappa shape index (κ1) is 14.1. The van der Waals surface area contributed by atoms with E-state index in [1.165, 1.54) is 11.4 Å². The van der Waals surface area contributed by atoms with Crippen molar-refractivity contribution in [3.63, 3.8) is 0 Å². The van der Waals surface area contributed by atoms with Crippen LogP contribution >= 0.6 is 11.3 Å². The van der Waals surface area contributed by atoms with Crippen LogP contribution < -0.4 is 5.14 Å². The molecule has 0 bridgehead atoms. The first-order valence-electron chi connectivity index (χ1n) is 5.04. The molecule has 0 radical (unpaired) electrons. The molecule has 2 rings (SSSR count). The summed E-state index contributed by atoms with van der Waals surface area (Å²) in [6.07, 6.45) is 0. The zero-order chi connectivity index (χ0) is 14.2. The second-order valence-corrected chi connectivity index (χ2v) is 6.39. The van der Waals surface area contributed by atoms with E-state index in [0.29, 0.717) is 0 Å². The van der Waals surface area contributed by atoms with E-state index >= 15 is 0 Å². The van der Waals surface area contributed by atoms with Gasteiger partial charge in [-0.05, 0) is 23.6 Å². The van der Waals surface area contributed by atoms with Crippen LogP contribution in [0.1, 0.15) is 5.56 Å². The van der Waals surface area contributed by atoms with Gasteiger partial charge in [0.2, 0.25) is 10.0 Å². The summed E-state index contributed by atoms with van der Waals surface area (Å²) >= 11 is 0.842. The molecule has 19 heavy (non-hydrogen) atoms. The van der Waals surface area contributed by atoms with E-state index in [2.05, 4.69) is 0 Å². The van der Waals surface area contributed by atoms with Gasteiger partial charge < -0.3 is 5.11 Å². The molecule has 3 N–H and O–H groups in total. The van der Waals surface area contributed by atoms with Crippen molar-refractivity contribution in [2.75, 3.05) is 0 Å². The molecule has 1 aromatic heterocycles. The molecule has 102 valence electrons. The second kappa shape index (κ2) is 4.97. The Morgan fingerprint density at radius 3 is 2.47 bits per heavy atom. The van der Waals surface area contributed by atoms with E-state index in [9.17, 15) is 17.2 Å². The molecular formula is C11H9F2NO3S2. The predicted molar refractivity (Wildman–Crippen MR) is 67.0 cm³/mol. The van der Waals surface area contributed by atoms with Crippen molar-refractivity contribution in [3.8, 4) is 11.1 Å². The Balaban J connectivity index is 2.71. The molecule has 0 spiro atoms. The minimum absolute atomic E-state index is 0.0553. The van der Waals surface area contributed by atoms with E-state index < -0.39 is 33.8 Å². The van der Waals surface area contributed by atoms with Gasteiger partial charge in [0.15, 0.2) is 0 Å². The minimum Gasteiger partial charge on any atom is -0.391 e. The maximum Gasteiger partial charge on any atom is 0.248 e. The van der Waals surface area contributed by atoms with Gasteiger partial charge in [0.1, 0.15) is 15.8 Å². The predicted octanol–water partition coefficient (Wildman–Crippen LogP) is 1.83. The lowest BCUT2D eigenvalue weighted by molar-refractivity contribution is 0.269. The molecule has 0 saturated carbocycles. The number of rotatable bonds is 3. The maximum atomic E-state index is 14.0. The molecule has 1 heterocycles. The van der Waals surface area contributed by atoms with Gasteiger partial charge in [-0.1, -0.05) is 0 Å². The highest BCUT2D eigenvalue weighted by molar-refractivity contribution is 7.91. The van der Waals surface area contributed by atoms with Crippen LogP contribution in [0.4, 0.5) is 8.78 Å². The first-order chi connectivity index (χ1) is 8.86. The first-order valence-corrected chi connectivity index (χ1v) is 7.47. The van der Waals surface area contributed by atoms with Gasteiger partial charge >= 0.3 is 0 Å². The topological polar surface area (TPSA) is 80.4 Å². The Kier molecular flexibility index (Phi) is 3.68. The summed E-state index contributed by atoms with van der Waals surface area (Å²) in [5.74, 6) is -1.89. The van der Waals surface area contributed by atoms with E-state index in [4.69, 9.17) is 10.2 Å². The molecule has 8 heteroatoms. The average molecular weight is 305 g/mol. The lowest BCUT2D eigenvalue weighted by Crippen LogP contribution is -2.11. The van der Waals surface area contributed by atoms with Crippen LogP contribution in [-0.2, 0) is 16.6 Å². The van der Waals surface area contributed by atoms with Gasteiger partial charge in [0.05, 0.1) is 6.61 Å². The van der Waals surface area contributed by atoms with Crippen LogP contribution in [-0.4, -0.2) is 13.5 Å². The van der Waals surface area contributed by atoms with Crippen LogP contribution in [0.2, 0.25) is 0 Å². The molecule has 2 aromatic rings. The summed E-state index contributed by atoms with van der Waals surface area (Å²) in [5, 5.41) is 15.4. The van der Waals surface area contributed by atoms with Crippen LogP contribution in [0.15, 0.2) is 27.8 Å². The highest BCUT2D eigenvalue weighted by Gasteiger charge is 2.21. The van der Waals surface area contributed by atoms with Gasteiger partial charge in [-0.3, -0.25) is 0 Å². The molecule has 1 aromatic carbocycles. The van der Waals surface area contributed by atoms with Gasteiger partial charge in [0.25, 0.3) is 0 Å². The third-order valence-electron chi connectivity index (χ3n) is 2.52. The van der Waals surface area contributed by atoms with Gasteiger partial charge in [-0.2, -0.15) is 0 Å². The number of hydrogen-bond acceptors (Lipinski definition) is 4. The van der Waals surface area contributed by atoms with Crippen molar-refractivity contribution < 1.29 is 22.3 Å². The molecule has 0 aliphatic heterocycles. The van der Waals surface area contributed by atoms with Gasteiger partial charge in [-0.25, -0.2) is 22.3 Å². The molecule has 4 nitrogen and oxygen atoms in total. The zero-order valence-corrected chi connectivity index (χ0v) is 11.1. The number of benzene rings is 1. The molecule has 0 unspecified atom stereocenters. The van der Waals surface area contributed by atoms with E-state index in [1.807, 2.05) is 0 Å².